The molecule has 0 saturated heterocycles. The summed E-state index contributed by atoms with van der Waals surface area (Å²) in [7, 11) is -3.34. The summed E-state index contributed by atoms with van der Waals surface area (Å²) in [5.74, 6) is 0. The van der Waals surface area contributed by atoms with Crippen LogP contribution in [0.1, 0.15) is 6.42 Å². The lowest BCUT2D eigenvalue weighted by Crippen LogP contribution is -2.52. The molecule has 0 amide bonds. The quantitative estimate of drug-likeness (QED) is 0.503. The molecule has 0 aromatic carbocycles. The van der Waals surface area contributed by atoms with Gasteiger partial charge in [0.25, 0.3) is 0 Å². The number of methoxy groups -OCH3 is 1. The minimum atomic E-state index is -2.01. The van der Waals surface area contributed by atoms with Crippen molar-refractivity contribution in [2.45, 2.75) is 58.3 Å². The van der Waals surface area contributed by atoms with Gasteiger partial charge in [-0.2, -0.15) is 0 Å². The number of rotatable bonds is 8. The van der Waals surface area contributed by atoms with Gasteiger partial charge >= 0.3 is 8.56 Å². The van der Waals surface area contributed by atoms with Crippen molar-refractivity contribution in [3.63, 3.8) is 0 Å². The zero-order valence-electron chi connectivity index (χ0n) is 12.8. The Hall–Kier alpha value is 0.531. The van der Waals surface area contributed by atoms with E-state index in [4.69, 9.17) is 13.0 Å². The highest BCUT2D eigenvalue weighted by Crippen LogP contribution is 2.25. The molecule has 0 bridgehead atoms. The molecule has 6 heteroatoms. The number of hydrogen-bond donors (Lipinski definition) is 0. The second-order valence-electron chi connectivity index (χ2n) is 6.66. The summed E-state index contributed by atoms with van der Waals surface area (Å²) in [4.78, 5) is 0. The van der Waals surface area contributed by atoms with Crippen molar-refractivity contribution in [1.29, 1.82) is 0 Å². The molecule has 0 unspecified atom stereocenters. The van der Waals surface area contributed by atoms with Crippen LogP contribution in [0.4, 0.5) is 0 Å². The Kier molecular flexibility index (Phi) is 6.83. The Labute approximate surface area is 110 Å². The highest BCUT2D eigenvalue weighted by Gasteiger charge is 2.39. The van der Waals surface area contributed by atoms with Crippen LogP contribution in [0.15, 0.2) is 0 Å². The van der Waals surface area contributed by atoms with Crippen molar-refractivity contribution in [3.8, 4) is 0 Å². The van der Waals surface area contributed by atoms with E-state index in [1.54, 1.807) is 7.11 Å². The Morgan fingerprint density at radius 2 is 1.18 bits per heavy atom. The van der Waals surface area contributed by atoms with Crippen molar-refractivity contribution in [2.75, 3.05) is 13.7 Å². The molecule has 0 saturated carbocycles. The minimum absolute atomic E-state index is 0.798. The average molecular weight is 295 g/mol. The molecule has 0 aliphatic rings. The summed E-state index contributed by atoms with van der Waals surface area (Å²) < 4.78 is 17.9. The van der Waals surface area contributed by atoms with Crippen LogP contribution in [-0.4, -0.2) is 38.9 Å². The van der Waals surface area contributed by atoms with E-state index in [2.05, 4.69) is 45.8 Å². The second kappa shape index (κ2) is 6.63. The van der Waals surface area contributed by atoms with Crippen molar-refractivity contribution in [3.05, 3.63) is 0 Å². The first-order valence-electron chi connectivity index (χ1n) is 6.37. The number of ether oxygens (including phenoxy) is 1. The molecule has 0 spiro atoms. The molecular formula is C11H30O3Si3. The summed E-state index contributed by atoms with van der Waals surface area (Å²) >= 11 is 0. The highest BCUT2D eigenvalue weighted by molar-refractivity contribution is 6.87. The fraction of sp³-hybridized carbons (Fsp3) is 1.00. The second-order valence-corrected chi connectivity index (χ2v) is 19.5. The van der Waals surface area contributed by atoms with Gasteiger partial charge in [-0.25, -0.2) is 0 Å². The first-order chi connectivity index (χ1) is 7.47. The lowest BCUT2D eigenvalue weighted by Gasteiger charge is -2.38. The third-order valence-electron chi connectivity index (χ3n) is 2.02. The summed E-state index contributed by atoms with van der Waals surface area (Å²) in [6, 6.07) is 1.04. The SMILES string of the molecule is COCCC[Si](C)(O[Si](C)(C)C)O[Si](C)(C)C. The normalized spacial score (nSPS) is 14.1. The van der Waals surface area contributed by atoms with Crippen molar-refractivity contribution in [1.82, 2.24) is 0 Å². The van der Waals surface area contributed by atoms with E-state index in [9.17, 15) is 0 Å². The predicted molar refractivity (Wildman–Crippen MR) is 81.8 cm³/mol. The smallest absolute Gasteiger partial charge is 0.314 e. The zero-order chi connectivity index (χ0) is 13.7. The van der Waals surface area contributed by atoms with Gasteiger partial charge in [-0.3, -0.25) is 0 Å². The Balaban J connectivity index is 4.57. The molecule has 0 aromatic rings. The van der Waals surface area contributed by atoms with Crippen LogP contribution in [0, 0.1) is 0 Å². The fourth-order valence-corrected chi connectivity index (χ4v) is 14.5. The van der Waals surface area contributed by atoms with Crippen molar-refractivity contribution >= 4 is 25.2 Å². The molecule has 3 nitrogen and oxygen atoms in total. The Bertz CT molecular complexity index is 205. The van der Waals surface area contributed by atoms with E-state index in [0.29, 0.717) is 0 Å². The van der Waals surface area contributed by atoms with Crippen LogP contribution in [0.25, 0.3) is 0 Å². The van der Waals surface area contributed by atoms with Gasteiger partial charge < -0.3 is 13.0 Å². The predicted octanol–water partition coefficient (Wildman–Crippen LogP) is 3.80. The topological polar surface area (TPSA) is 27.7 Å². The maximum absolute atomic E-state index is 6.38. The molecule has 0 aromatic heterocycles. The highest BCUT2D eigenvalue weighted by atomic mass is 28.5. The van der Waals surface area contributed by atoms with Crippen LogP contribution in [0.5, 0.6) is 0 Å². The monoisotopic (exact) mass is 294 g/mol. The minimum Gasteiger partial charge on any atom is -0.437 e. The van der Waals surface area contributed by atoms with Crippen LogP contribution in [0.2, 0.25) is 51.9 Å². The van der Waals surface area contributed by atoms with Gasteiger partial charge in [0.2, 0.25) is 0 Å². The molecule has 17 heavy (non-hydrogen) atoms. The van der Waals surface area contributed by atoms with Crippen molar-refractivity contribution < 1.29 is 13.0 Å². The van der Waals surface area contributed by atoms with E-state index < -0.39 is 25.2 Å². The maximum Gasteiger partial charge on any atom is 0.314 e. The van der Waals surface area contributed by atoms with Gasteiger partial charge in [0.1, 0.15) is 0 Å². The van der Waals surface area contributed by atoms with Gasteiger partial charge in [-0.05, 0) is 58.3 Å². The molecule has 0 fully saturated rings. The standard InChI is InChI=1S/C11H30O3Si3/c1-12-10-9-11-17(8,13-15(2,3)4)14-16(5,6)7/h9-11H2,1-8H3. The molecule has 0 atom stereocenters. The van der Waals surface area contributed by atoms with Crippen LogP contribution in [-0.2, 0) is 13.0 Å². The zero-order valence-corrected chi connectivity index (χ0v) is 15.8. The van der Waals surface area contributed by atoms with Gasteiger partial charge in [0.15, 0.2) is 16.6 Å². The van der Waals surface area contributed by atoms with E-state index in [1.165, 1.54) is 0 Å². The van der Waals surface area contributed by atoms with Gasteiger partial charge in [-0.15, -0.1) is 0 Å². The van der Waals surface area contributed by atoms with Gasteiger partial charge in [0, 0.05) is 13.7 Å². The number of hydrogen-bond acceptors (Lipinski definition) is 3. The van der Waals surface area contributed by atoms with E-state index in [-0.39, 0.29) is 0 Å². The lowest BCUT2D eigenvalue weighted by molar-refractivity contribution is 0.196. The van der Waals surface area contributed by atoms with Crippen LogP contribution in [0.3, 0.4) is 0 Å². The maximum atomic E-state index is 6.38. The third kappa shape index (κ3) is 10.2. The molecule has 104 valence electrons. The molecule has 0 rings (SSSR count). The molecule has 0 aliphatic heterocycles. The van der Waals surface area contributed by atoms with E-state index >= 15 is 0 Å². The molecule has 0 radical (unpaired) electrons. The summed E-state index contributed by atoms with van der Waals surface area (Å²) in [6.07, 6.45) is 1.04. The first-order valence-corrected chi connectivity index (χ1v) is 15.7. The van der Waals surface area contributed by atoms with E-state index in [1.807, 2.05) is 0 Å². The van der Waals surface area contributed by atoms with Gasteiger partial charge in [-0.1, -0.05) is 0 Å². The average Bonchev–Trinajstić information content (AvgIpc) is 1.96. The van der Waals surface area contributed by atoms with Gasteiger partial charge in [0.05, 0.1) is 0 Å². The summed E-state index contributed by atoms with van der Waals surface area (Å²) in [5.41, 5.74) is 0. The fourth-order valence-electron chi connectivity index (χ4n) is 1.96. The van der Waals surface area contributed by atoms with Crippen LogP contribution >= 0.6 is 0 Å². The van der Waals surface area contributed by atoms with Crippen molar-refractivity contribution in [2.24, 2.45) is 0 Å². The molecule has 0 N–H and O–H groups in total. The summed E-state index contributed by atoms with van der Waals surface area (Å²) in [5, 5.41) is 0. The lowest BCUT2D eigenvalue weighted by atomic mass is 10.5. The van der Waals surface area contributed by atoms with E-state index in [0.717, 1.165) is 19.1 Å². The molecule has 0 aliphatic carbocycles. The van der Waals surface area contributed by atoms with Crippen LogP contribution < -0.4 is 0 Å². The molecule has 0 heterocycles. The summed E-state index contributed by atoms with van der Waals surface area (Å²) in [6.45, 7) is 16.4. The third-order valence-corrected chi connectivity index (χ3v) is 11.6. The Morgan fingerprint density at radius 3 is 1.47 bits per heavy atom. The largest absolute Gasteiger partial charge is 0.437 e. The Morgan fingerprint density at radius 1 is 0.765 bits per heavy atom. The first kappa shape index (κ1) is 17.5. The molecular weight excluding hydrogens is 264 g/mol.